The fraction of sp³-hybridized carbons (Fsp3) is 0.619. The van der Waals surface area contributed by atoms with Crippen LogP contribution in [0.5, 0.6) is 0 Å². The van der Waals surface area contributed by atoms with Gasteiger partial charge in [0, 0.05) is 18.5 Å². The number of hydrogen-bond donors (Lipinski definition) is 3. The summed E-state index contributed by atoms with van der Waals surface area (Å²) in [5, 5.41) is 5.73. The van der Waals surface area contributed by atoms with Gasteiger partial charge in [-0.05, 0) is 56.4 Å². The van der Waals surface area contributed by atoms with Gasteiger partial charge in [-0.1, -0.05) is 13.8 Å². The quantitative estimate of drug-likeness (QED) is 0.601. The van der Waals surface area contributed by atoms with Crippen molar-refractivity contribution < 1.29 is 18.9 Å². The van der Waals surface area contributed by atoms with Gasteiger partial charge in [0.15, 0.2) is 0 Å². The Balaban J connectivity index is 1.80. The lowest BCUT2D eigenvalue weighted by molar-refractivity contribution is -0.928. The van der Waals surface area contributed by atoms with Crippen molar-refractivity contribution in [2.24, 2.45) is 5.92 Å². The normalized spacial score (nSPS) is 20.9. The molecule has 27 heavy (non-hydrogen) atoms. The maximum absolute atomic E-state index is 13.0. The Morgan fingerprint density at radius 2 is 1.93 bits per heavy atom. The van der Waals surface area contributed by atoms with Crippen molar-refractivity contribution >= 4 is 11.8 Å². The molecule has 1 aliphatic heterocycles. The van der Waals surface area contributed by atoms with Gasteiger partial charge in [-0.2, -0.15) is 0 Å². The summed E-state index contributed by atoms with van der Waals surface area (Å²) in [5.74, 6) is -0.963. The van der Waals surface area contributed by atoms with E-state index in [1.54, 1.807) is 4.90 Å². The van der Waals surface area contributed by atoms with Crippen LogP contribution in [0.1, 0.15) is 56.8 Å². The number of rotatable bonds is 8. The van der Waals surface area contributed by atoms with Gasteiger partial charge in [0.2, 0.25) is 5.91 Å². The fourth-order valence-corrected chi connectivity index (χ4v) is 3.62. The molecular formula is C21H33FN3O2+. The van der Waals surface area contributed by atoms with E-state index in [4.69, 9.17) is 0 Å². The molecule has 1 unspecified atom stereocenters. The van der Waals surface area contributed by atoms with Crippen molar-refractivity contribution in [2.45, 2.75) is 58.5 Å². The van der Waals surface area contributed by atoms with Crippen LogP contribution in [-0.2, 0) is 4.79 Å². The van der Waals surface area contributed by atoms with Crippen molar-refractivity contribution in [1.82, 2.24) is 10.6 Å². The van der Waals surface area contributed by atoms with Crippen molar-refractivity contribution in [2.75, 3.05) is 19.6 Å². The van der Waals surface area contributed by atoms with Gasteiger partial charge in [0.1, 0.15) is 11.9 Å². The lowest BCUT2D eigenvalue weighted by atomic mass is 10.0. The van der Waals surface area contributed by atoms with Gasteiger partial charge in [-0.15, -0.1) is 0 Å². The number of carbonyl (C=O) groups is 2. The second-order valence-electron chi connectivity index (χ2n) is 7.90. The summed E-state index contributed by atoms with van der Waals surface area (Å²) in [6.45, 7) is 8.99. The smallest absolute Gasteiger partial charge is 0.251 e. The fourth-order valence-electron chi connectivity index (χ4n) is 3.62. The molecule has 0 aromatic heterocycles. The summed E-state index contributed by atoms with van der Waals surface area (Å²) in [7, 11) is 0. The van der Waals surface area contributed by atoms with E-state index in [2.05, 4.69) is 17.6 Å². The Bertz CT molecular complexity index is 618. The molecule has 1 saturated heterocycles. The molecule has 1 aromatic rings. The van der Waals surface area contributed by atoms with Crippen LogP contribution in [0.2, 0.25) is 0 Å². The van der Waals surface area contributed by atoms with Crippen LogP contribution in [0.25, 0.3) is 0 Å². The molecule has 0 bridgehead atoms. The number of halogens is 1. The predicted molar refractivity (Wildman–Crippen MR) is 104 cm³/mol. The number of likely N-dealkylation sites (tertiary alicyclic amines) is 1. The van der Waals surface area contributed by atoms with Gasteiger partial charge >= 0.3 is 0 Å². The van der Waals surface area contributed by atoms with Crippen LogP contribution in [0, 0.1) is 11.7 Å². The predicted octanol–water partition coefficient (Wildman–Crippen LogP) is 1.54. The standard InChI is InChI=1S/C21H32FN3O2/c1-15(2)19(24-20(26)17-8-10-18(22)11-9-17)21(27)23-12-6-14-25-13-5-4-7-16(25)3/h8-11,15-16,19H,4-7,12-14H2,1-3H3,(H,23,27)(H,24,26)/p+1/t16-,19+/m1/s1. The number of quaternary nitrogens is 1. The third kappa shape index (κ3) is 6.61. The van der Waals surface area contributed by atoms with E-state index in [1.165, 1.54) is 50.1 Å². The van der Waals surface area contributed by atoms with Gasteiger partial charge in [-0.3, -0.25) is 9.59 Å². The number of benzene rings is 1. The molecule has 1 fully saturated rings. The summed E-state index contributed by atoms with van der Waals surface area (Å²) >= 11 is 0. The van der Waals surface area contributed by atoms with Gasteiger partial charge in [0.05, 0.1) is 19.1 Å². The number of piperidine rings is 1. The SMILES string of the molecule is CC(C)[C@H](NC(=O)c1ccc(F)cc1)C(=O)NCCC[NH+]1CCCC[C@H]1C. The maximum atomic E-state index is 13.0. The molecular weight excluding hydrogens is 345 g/mol. The number of nitrogens with one attached hydrogen (secondary N) is 3. The van der Waals surface area contributed by atoms with Crippen LogP contribution < -0.4 is 15.5 Å². The minimum Gasteiger partial charge on any atom is -0.354 e. The van der Waals surface area contributed by atoms with Crippen molar-refractivity contribution in [3.63, 3.8) is 0 Å². The van der Waals surface area contributed by atoms with Crippen molar-refractivity contribution in [3.05, 3.63) is 35.6 Å². The average molecular weight is 379 g/mol. The van der Waals surface area contributed by atoms with E-state index in [-0.39, 0.29) is 17.7 Å². The maximum Gasteiger partial charge on any atom is 0.251 e. The summed E-state index contributed by atoms with van der Waals surface area (Å²) in [4.78, 5) is 26.5. The van der Waals surface area contributed by atoms with Crippen LogP contribution in [-0.4, -0.2) is 43.5 Å². The minimum atomic E-state index is -0.608. The molecule has 6 heteroatoms. The molecule has 0 radical (unpaired) electrons. The molecule has 3 N–H and O–H groups in total. The molecule has 150 valence electrons. The second-order valence-corrected chi connectivity index (χ2v) is 7.90. The van der Waals surface area contributed by atoms with E-state index in [1.807, 2.05) is 13.8 Å². The molecule has 0 saturated carbocycles. The van der Waals surface area contributed by atoms with Crippen LogP contribution >= 0.6 is 0 Å². The first-order valence-corrected chi connectivity index (χ1v) is 10.1. The first kappa shape index (κ1) is 21.4. The molecule has 1 aromatic carbocycles. The number of hydrogen-bond acceptors (Lipinski definition) is 2. The topological polar surface area (TPSA) is 62.6 Å². The zero-order chi connectivity index (χ0) is 19.8. The second kappa shape index (κ2) is 10.4. The van der Waals surface area contributed by atoms with Crippen LogP contribution in [0.4, 0.5) is 4.39 Å². The highest BCUT2D eigenvalue weighted by atomic mass is 19.1. The van der Waals surface area contributed by atoms with E-state index < -0.39 is 11.9 Å². The molecule has 0 aliphatic carbocycles. The number of carbonyl (C=O) groups excluding carboxylic acids is 2. The van der Waals surface area contributed by atoms with E-state index >= 15 is 0 Å². The van der Waals surface area contributed by atoms with Crippen molar-refractivity contribution in [1.29, 1.82) is 0 Å². The zero-order valence-electron chi connectivity index (χ0n) is 16.7. The average Bonchev–Trinajstić information content (AvgIpc) is 2.64. The summed E-state index contributed by atoms with van der Waals surface area (Å²) in [5.41, 5.74) is 0.345. The Hall–Kier alpha value is -1.95. The highest BCUT2D eigenvalue weighted by Crippen LogP contribution is 2.07. The molecule has 1 heterocycles. The third-order valence-electron chi connectivity index (χ3n) is 5.40. The summed E-state index contributed by atoms with van der Waals surface area (Å²) < 4.78 is 13.0. The summed E-state index contributed by atoms with van der Waals surface area (Å²) in [6.07, 6.45) is 4.83. The molecule has 2 rings (SSSR count). The Morgan fingerprint density at radius 1 is 1.22 bits per heavy atom. The molecule has 1 aliphatic rings. The van der Waals surface area contributed by atoms with Gasteiger partial charge in [0.25, 0.3) is 5.91 Å². The lowest BCUT2D eigenvalue weighted by Crippen LogP contribution is -3.16. The lowest BCUT2D eigenvalue weighted by Gasteiger charge is -2.30. The monoisotopic (exact) mass is 378 g/mol. The summed E-state index contributed by atoms with van der Waals surface area (Å²) in [6, 6.07) is 5.41. The van der Waals surface area contributed by atoms with E-state index in [0.29, 0.717) is 18.2 Å². The van der Waals surface area contributed by atoms with Crippen LogP contribution in [0.3, 0.4) is 0 Å². The largest absolute Gasteiger partial charge is 0.354 e. The van der Waals surface area contributed by atoms with E-state index in [0.717, 1.165) is 13.0 Å². The molecule has 5 nitrogen and oxygen atoms in total. The first-order valence-electron chi connectivity index (χ1n) is 10.1. The number of amides is 2. The minimum absolute atomic E-state index is 0.0397. The van der Waals surface area contributed by atoms with Crippen molar-refractivity contribution in [3.8, 4) is 0 Å². The third-order valence-corrected chi connectivity index (χ3v) is 5.40. The molecule has 3 atom stereocenters. The zero-order valence-corrected chi connectivity index (χ0v) is 16.7. The Kier molecular flexibility index (Phi) is 8.23. The van der Waals surface area contributed by atoms with E-state index in [9.17, 15) is 14.0 Å². The Labute approximate surface area is 161 Å². The van der Waals surface area contributed by atoms with Gasteiger partial charge in [-0.25, -0.2) is 4.39 Å². The Morgan fingerprint density at radius 3 is 2.56 bits per heavy atom. The highest BCUT2D eigenvalue weighted by molar-refractivity contribution is 5.97. The molecule has 2 amide bonds. The highest BCUT2D eigenvalue weighted by Gasteiger charge is 2.25. The molecule has 0 spiro atoms. The van der Waals surface area contributed by atoms with Gasteiger partial charge < -0.3 is 15.5 Å². The van der Waals surface area contributed by atoms with Crippen LogP contribution in [0.15, 0.2) is 24.3 Å². The first-order chi connectivity index (χ1) is 12.9.